The molecule has 0 spiro atoms. The van der Waals surface area contributed by atoms with Crippen LogP contribution in [0.15, 0.2) is 57.7 Å². The highest BCUT2D eigenvalue weighted by Crippen LogP contribution is 2.50. The molecule has 8 nitrogen and oxygen atoms in total. The first kappa shape index (κ1) is 20.0. The Labute approximate surface area is 182 Å². The molecule has 1 aliphatic heterocycles. The summed E-state index contributed by atoms with van der Waals surface area (Å²) in [6.45, 7) is -0.371. The van der Waals surface area contributed by atoms with Crippen LogP contribution in [-0.2, 0) is 0 Å². The second-order valence-electron chi connectivity index (χ2n) is 7.35. The van der Waals surface area contributed by atoms with Gasteiger partial charge >= 0.3 is 0 Å². The standard InChI is InChI=1S/C24H20O8/c1-28-17-9-12(7-8-15(17)26)21-19(11-25)31-24-22-14(10-18(29-2)23(24)32-21)20(27)13-5-3-4-6-16(13)30-22/h3-10,19,21,25-26H,11H2,1-2H3/t19-,21+/m0/s1. The summed E-state index contributed by atoms with van der Waals surface area (Å²) >= 11 is 0. The number of aliphatic hydroxyl groups is 1. The molecule has 5 rings (SSSR count). The lowest BCUT2D eigenvalue weighted by atomic mass is 10.0. The summed E-state index contributed by atoms with van der Waals surface area (Å²) in [5, 5.41) is 20.7. The summed E-state index contributed by atoms with van der Waals surface area (Å²) in [4.78, 5) is 13.1. The van der Waals surface area contributed by atoms with Crippen LogP contribution < -0.4 is 24.4 Å². The summed E-state index contributed by atoms with van der Waals surface area (Å²) < 4.78 is 29.1. The maximum absolute atomic E-state index is 13.1. The highest BCUT2D eigenvalue weighted by Gasteiger charge is 2.37. The Morgan fingerprint density at radius 3 is 2.47 bits per heavy atom. The highest BCUT2D eigenvalue weighted by molar-refractivity contribution is 5.95. The fourth-order valence-corrected chi connectivity index (χ4v) is 3.94. The molecule has 8 heteroatoms. The summed E-state index contributed by atoms with van der Waals surface area (Å²) in [5.41, 5.74) is 1.01. The first-order valence-electron chi connectivity index (χ1n) is 9.93. The quantitative estimate of drug-likeness (QED) is 0.468. The fraction of sp³-hybridized carbons (Fsp3) is 0.208. The van der Waals surface area contributed by atoms with Crippen LogP contribution in [0.2, 0.25) is 0 Å². The van der Waals surface area contributed by atoms with Crippen molar-refractivity contribution in [3.8, 4) is 28.7 Å². The molecule has 0 amide bonds. The molecule has 1 aliphatic rings. The predicted octanol–water partition coefficient (Wildman–Crippen LogP) is 3.54. The third kappa shape index (κ3) is 2.99. The number of hydrogen-bond donors (Lipinski definition) is 2. The molecule has 2 heterocycles. The third-order valence-electron chi connectivity index (χ3n) is 5.53. The Hall–Kier alpha value is -3.91. The molecule has 0 unspecified atom stereocenters. The Kier molecular flexibility index (Phi) is 4.79. The van der Waals surface area contributed by atoms with Crippen molar-refractivity contribution in [1.82, 2.24) is 0 Å². The van der Waals surface area contributed by atoms with Gasteiger partial charge in [-0.25, -0.2) is 0 Å². The molecule has 2 atom stereocenters. The molecule has 0 radical (unpaired) electrons. The number of aromatic hydroxyl groups is 1. The molecule has 4 aromatic rings. The van der Waals surface area contributed by atoms with Gasteiger partial charge < -0.3 is 33.6 Å². The molecule has 32 heavy (non-hydrogen) atoms. The third-order valence-corrected chi connectivity index (χ3v) is 5.53. The van der Waals surface area contributed by atoms with E-state index in [1.165, 1.54) is 20.3 Å². The Morgan fingerprint density at radius 1 is 0.938 bits per heavy atom. The number of methoxy groups -OCH3 is 2. The van der Waals surface area contributed by atoms with E-state index in [9.17, 15) is 15.0 Å². The van der Waals surface area contributed by atoms with Gasteiger partial charge in [0, 0.05) is 5.56 Å². The largest absolute Gasteiger partial charge is 0.504 e. The van der Waals surface area contributed by atoms with E-state index in [4.69, 9.17) is 23.4 Å². The number of phenolic OH excluding ortho intramolecular Hbond substituents is 1. The molecule has 0 bridgehead atoms. The minimum Gasteiger partial charge on any atom is -0.504 e. The van der Waals surface area contributed by atoms with Gasteiger partial charge in [-0.15, -0.1) is 0 Å². The van der Waals surface area contributed by atoms with Crippen molar-refractivity contribution in [2.24, 2.45) is 0 Å². The van der Waals surface area contributed by atoms with E-state index in [1.807, 2.05) is 0 Å². The van der Waals surface area contributed by atoms with Gasteiger partial charge in [-0.05, 0) is 30.3 Å². The van der Waals surface area contributed by atoms with Crippen LogP contribution in [-0.4, -0.2) is 37.1 Å². The average Bonchev–Trinajstić information content (AvgIpc) is 2.83. The van der Waals surface area contributed by atoms with Gasteiger partial charge in [0.1, 0.15) is 5.58 Å². The molecule has 3 aromatic carbocycles. The number of benzene rings is 3. The topological polar surface area (TPSA) is 108 Å². The smallest absolute Gasteiger partial charge is 0.209 e. The number of rotatable bonds is 4. The van der Waals surface area contributed by atoms with Crippen molar-refractivity contribution in [3.05, 3.63) is 64.3 Å². The van der Waals surface area contributed by atoms with E-state index in [0.717, 1.165) is 0 Å². The van der Waals surface area contributed by atoms with Gasteiger partial charge in [0.25, 0.3) is 0 Å². The molecular weight excluding hydrogens is 416 g/mol. The van der Waals surface area contributed by atoms with E-state index in [1.54, 1.807) is 42.5 Å². The molecule has 1 aromatic heterocycles. The number of para-hydroxylation sites is 1. The molecule has 0 saturated carbocycles. The Balaban J connectivity index is 1.72. The fourth-order valence-electron chi connectivity index (χ4n) is 3.94. The molecule has 2 N–H and O–H groups in total. The summed E-state index contributed by atoms with van der Waals surface area (Å²) in [5.74, 6) is 0.966. The first-order chi connectivity index (χ1) is 15.5. The molecule has 0 fully saturated rings. The van der Waals surface area contributed by atoms with E-state index in [-0.39, 0.29) is 46.0 Å². The van der Waals surface area contributed by atoms with E-state index in [2.05, 4.69) is 0 Å². The van der Waals surface area contributed by atoms with E-state index >= 15 is 0 Å². The monoisotopic (exact) mass is 436 g/mol. The number of hydrogen-bond acceptors (Lipinski definition) is 8. The zero-order valence-electron chi connectivity index (χ0n) is 17.3. The van der Waals surface area contributed by atoms with Crippen molar-refractivity contribution >= 4 is 21.9 Å². The second-order valence-corrected chi connectivity index (χ2v) is 7.35. The number of fused-ring (bicyclic) bond motifs is 4. The normalized spacial score (nSPS) is 17.5. The number of ether oxygens (including phenoxy) is 4. The van der Waals surface area contributed by atoms with Gasteiger partial charge in [-0.2, -0.15) is 0 Å². The van der Waals surface area contributed by atoms with Crippen LogP contribution >= 0.6 is 0 Å². The maximum Gasteiger partial charge on any atom is 0.209 e. The van der Waals surface area contributed by atoms with Crippen molar-refractivity contribution in [3.63, 3.8) is 0 Å². The molecule has 0 saturated heterocycles. The van der Waals surface area contributed by atoms with Gasteiger partial charge in [0.05, 0.1) is 31.6 Å². The lowest BCUT2D eigenvalue weighted by Crippen LogP contribution is -2.36. The molecule has 0 aliphatic carbocycles. The molecule has 164 valence electrons. The first-order valence-corrected chi connectivity index (χ1v) is 9.93. The lowest BCUT2D eigenvalue weighted by molar-refractivity contribution is -0.0134. The summed E-state index contributed by atoms with van der Waals surface area (Å²) in [7, 11) is 2.90. The van der Waals surface area contributed by atoms with Gasteiger partial charge in [0.15, 0.2) is 35.0 Å². The second kappa shape index (κ2) is 7.65. The van der Waals surface area contributed by atoms with Crippen LogP contribution in [0.25, 0.3) is 21.9 Å². The average molecular weight is 436 g/mol. The molecular formula is C24H20O8. The minimum atomic E-state index is -0.816. The Morgan fingerprint density at radius 2 is 1.72 bits per heavy atom. The lowest BCUT2D eigenvalue weighted by Gasteiger charge is -2.34. The van der Waals surface area contributed by atoms with Gasteiger partial charge in [0.2, 0.25) is 16.9 Å². The van der Waals surface area contributed by atoms with Crippen LogP contribution in [0.4, 0.5) is 0 Å². The predicted molar refractivity (Wildman–Crippen MR) is 116 cm³/mol. The summed E-state index contributed by atoms with van der Waals surface area (Å²) in [6.07, 6.45) is -1.55. The van der Waals surface area contributed by atoms with Crippen LogP contribution in [0.5, 0.6) is 28.7 Å². The van der Waals surface area contributed by atoms with Crippen LogP contribution in [0.3, 0.4) is 0 Å². The van der Waals surface area contributed by atoms with E-state index in [0.29, 0.717) is 22.3 Å². The van der Waals surface area contributed by atoms with Gasteiger partial charge in [-0.3, -0.25) is 4.79 Å². The Bertz CT molecular complexity index is 1390. The van der Waals surface area contributed by atoms with Crippen molar-refractivity contribution in [2.75, 3.05) is 20.8 Å². The van der Waals surface area contributed by atoms with Crippen molar-refractivity contribution in [1.29, 1.82) is 0 Å². The van der Waals surface area contributed by atoms with Crippen molar-refractivity contribution < 1.29 is 33.6 Å². The van der Waals surface area contributed by atoms with Crippen LogP contribution in [0, 0.1) is 0 Å². The van der Waals surface area contributed by atoms with E-state index < -0.39 is 12.2 Å². The summed E-state index contributed by atoms with van der Waals surface area (Å²) in [6, 6.07) is 13.2. The SMILES string of the molecule is COc1cc([C@H]2Oc3c(OC)cc4c(=O)c5ccccc5oc4c3O[C@H]2CO)ccc1O. The van der Waals surface area contributed by atoms with Gasteiger partial charge in [-0.1, -0.05) is 18.2 Å². The van der Waals surface area contributed by atoms with Crippen molar-refractivity contribution in [2.45, 2.75) is 12.2 Å². The zero-order chi connectivity index (χ0) is 22.4. The maximum atomic E-state index is 13.1. The van der Waals surface area contributed by atoms with Crippen LogP contribution in [0.1, 0.15) is 11.7 Å². The highest BCUT2D eigenvalue weighted by atomic mass is 16.6. The zero-order valence-corrected chi connectivity index (χ0v) is 17.3. The number of aliphatic hydroxyl groups excluding tert-OH is 1. The minimum absolute atomic E-state index is 0.0221. The number of phenols is 1.